The van der Waals surface area contributed by atoms with E-state index in [0.29, 0.717) is 36.9 Å². The van der Waals surface area contributed by atoms with E-state index in [1.165, 1.54) is 24.8 Å². The standard InChI is InChI=1S/C32H50O4/c1-5-6-9-30(36)32(17-18-32)16-14-28(34)22(3)26-12-13-27-23(8-7-15-31(26,27)4)10-11-24-19-25(33)20-29(35)21(24)2/h10-11,22,25-29,33-35H,2,5-9,12-20H2,1,3-4H3/t22-,25+,26+,27-,28-,29-,31+/m0/s1. The first-order valence-electron chi connectivity index (χ1n) is 14.8. The Morgan fingerprint density at radius 2 is 1.94 bits per heavy atom. The first-order chi connectivity index (χ1) is 17.1. The summed E-state index contributed by atoms with van der Waals surface area (Å²) >= 11 is 0. The number of carbonyl (C=O) groups excluding carboxylic acids is 1. The predicted octanol–water partition coefficient (Wildman–Crippen LogP) is 6.44. The van der Waals surface area contributed by atoms with Gasteiger partial charge in [-0.25, -0.2) is 0 Å². The lowest BCUT2D eigenvalue weighted by Gasteiger charge is -2.45. The molecule has 0 spiro atoms. The molecule has 4 rings (SSSR count). The maximum Gasteiger partial charge on any atom is 0.139 e. The molecule has 0 aromatic rings. The van der Waals surface area contributed by atoms with Gasteiger partial charge < -0.3 is 15.3 Å². The lowest BCUT2D eigenvalue weighted by molar-refractivity contribution is -0.124. The first-order valence-corrected chi connectivity index (χ1v) is 14.8. The van der Waals surface area contributed by atoms with Crippen molar-refractivity contribution >= 4 is 5.78 Å². The first kappa shape index (κ1) is 27.8. The van der Waals surface area contributed by atoms with Gasteiger partial charge in [-0.05, 0) is 105 Å². The van der Waals surface area contributed by atoms with Crippen molar-refractivity contribution in [1.82, 2.24) is 0 Å². The van der Waals surface area contributed by atoms with Gasteiger partial charge >= 0.3 is 0 Å². The molecule has 0 unspecified atom stereocenters. The highest BCUT2D eigenvalue weighted by Crippen LogP contribution is 2.60. The second-order valence-electron chi connectivity index (χ2n) is 12.9. The summed E-state index contributed by atoms with van der Waals surface area (Å²) in [6.07, 6.45) is 16.0. The van der Waals surface area contributed by atoms with Crippen LogP contribution in [0.2, 0.25) is 0 Å². The fraction of sp³-hybridized carbons (Fsp3) is 0.781. The van der Waals surface area contributed by atoms with E-state index in [1.807, 2.05) is 0 Å². The van der Waals surface area contributed by atoms with Crippen molar-refractivity contribution < 1.29 is 20.1 Å². The van der Waals surface area contributed by atoms with E-state index >= 15 is 0 Å². The Morgan fingerprint density at radius 3 is 2.64 bits per heavy atom. The molecule has 36 heavy (non-hydrogen) atoms. The van der Waals surface area contributed by atoms with Crippen molar-refractivity contribution in [2.24, 2.45) is 28.6 Å². The summed E-state index contributed by atoms with van der Waals surface area (Å²) < 4.78 is 0. The van der Waals surface area contributed by atoms with Gasteiger partial charge in [0.1, 0.15) is 5.78 Å². The highest BCUT2D eigenvalue weighted by Gasteiger charge is 2.52. The largest absolute Gasteiger partial charge is 0.393 e. The minimum Gasteiger partial charge on any atom is -0.393 e. The number of allylic oxidation sites excluding steroid dienone is 3. The van der Waals surface area contributed by atoms with Crippen LogP contribution in [0.3, 0.4) is 0 Å². The van der Waals surface area contributed by atoms with Gasteiger partial charge in [0.15, 0.2) is 0 Å². The van der Waals surface area contributed by atoms with Gasteiger partial charge in [0.25, 0.3) is 0 Å². The molecule has 4 saturated carbocycles. The smallest absolute Gasteiger partial charge is 0.139 e. The summed E-state index contributed by atoms with van der Waals surface area (Å²) in [6.45, 7) is 10.9. The van der Waals surface area contributed by atoms with Gasteiger partial charge in [-0.1, -0.05) is 51.5 Å². The molecule has 0 heterocycles. The SMILES string of the molecule is C=C1C(=CC=C2CCC[C@]3(C)[C@@H]([C@H](C)[C@@H](O)CCC4(C(=O)CCCC)CC4)CC[C@@H]23)C[C@@H](O)C[C@@H]1O. The molecule has 7 atom stereocenters. The average Bonchev–Trinajstić information content (AvgIpc) is 3.56. The lowest BCUT2D eigenvalue weighted by Crippen LogP contribution is -2.39. The Balaban J connectivity index is 1.40. The second kappa shape index (κ2) is 11.3. The number of hydrogen-bond acceptors (Lipinski definition) is 4. The van der Waals surface area contributed by atoms with Crippen LogP contribution in [0.25, 0.3) is 0 Å². The minimum absolute atomic E-state index is 0.115. The fourth-order valence-corrected chi connectivity index (χ4v) is 7.99. The van der Waals surface area contributed by atoms with E-state index in [2.05, 4.69) is 39.5 Å². The number of fused-ring (bicyclic) bond motifs is 1. The summed E-state index contributed by atoms with van der Waals surface area (Å²) in [7, 11) is 0. The third kappa shape index (κ3) is 5.61. The van der Waals surface area contributed by atoms with Gasteiger partial charge in [-0.15, -0.1) is 0 Å². The van der Waals surface area contributed by atoms with Crippen LogP contribution < -0.4 is 0 Å². The number of ketones is 1. The van der Waals surface area contributed by atoms with Gasteiger partial charge in [0, 0.05) is 18.3 Å². The van der Waals surface area contributed by atoms with E-state index in [1.54, 1.807) is 0 Å². The van der Waals surface area contributed by atoms with E-state index in [9.17, 15) is 20.1 Å². The molecular formula is C32H50O4. The molecule has 0 amide bonds. The summed E-state index contributed by atoms with van der Waals surface area (Å²) in [6, 6.07) is 0. The molecule has 0 radical (unpaired) electrons. The number of aliphatic hydroxyl groups is 3. The van der Waals surface area contributed by atoms with Crippen LogP contribution >= 0.6 is 0 Å². The van der Waals surface area contributed by atoms with Crippen molar-refractivity contribution in [2.45, 2.75) is 129 Å². The molecule has 0 aromatic heterocycles. The molecular weight excluding hydrogens is 448 g/mol. The van der Waals surface area contributed by atoms with Crippen molar-refractivity contribution in [3.8, 4) is 0 Å². The summed E-state index contributed by atoms with van der Waals surface area (Å²) in [4.78, 5) is 12.7. The van der Waals surface area contributed by atoms with Crippen molar-refractivity contribution in [3.05, 3.63) is 35.5 Å². The van der Waals surface area contributed by atoms with Gasteiger partial charge in [0.05, 0.1) is 18.3 Å². The van der Waals surface area contributed by atoms with E-state index in [0.717, 1.165) is 62.5 Å². The Bertz CT molecular complexity index is 881. The Morgan fingerprint density at radius 1 is 1.19 bits per heavy atom. The molecule has 0 bridgehead atoms. The molecule has 3 N–H and O–H groups in total. The molecule has 0 aliphatic heterocycles. The van der Waals surface area contributed by atoms with Gasteiger partial charge in [-0.2, -0.15) is 0 Å². The summed E-state index contributed by atoms with van der Waals surface area (Å²) in [5.74, 6) is 1.70. The molecule has 202 valence electrons. The molecule has 0 saturated heterocycles. The Kier molecular flexibility index (Phi) is 8.69. The number of carbonyl (C=O) groups is 1. The third-order valence-electron chi connectivity index (χ3n) is 10.7. The van der Waals surface area contributed by atoms with Crippen LogP contribution in [0.15, 0.2) is 35.5 Å². The molecule has 4 nitrogen and oxygen atoms in total. The zero-order chi connectivity index (χ0) is 26.1. The van der Waals surface area contributed by atoms with Crippen LogP contribution in [0, 0.1) is 28.6 Å². The van der Waals surface area contributed by atoms with Crippen LogP contribution in [0.4, 0.5) is 0 Å². The van der Waals surface area contributed by atoms with Crippen molar-refractivity contribution in [3.63, 3.8) is 0 Å². The molecule has 0 aromatic carbocycles. The number of unbranched alkanes of at least 4 members (excludes halogenated alkanes) is 1. The van der Waals surface area contributed by atoms with E-state index in [4.69, 9.17) is 0 Å². The second-order valence-corrected chi connectivity index (χ2v) is 12.9. The lowest BCUT2D eigenvalue weighted by atomic mass is 9.60. The zero-order valence-electron chi connectivity index (χ0n) is 23.0. The van der Waals surface area contributed by atoms with Crippen LogP contribution in [0.5, 0.6) is 0 Å². The summed E-state index contributed by atoms with van der Waals surface area (Å²) in [5.41, 5.74) is 3.29. The fourth-order valence-electron chi connectivity index (χ4n) is 7.99. The highest BCUT2D eigenvalue weighted by atomic mass is 16.3. The minimum atomic E-state index is -0.648. The average molecular weight is 499 g/mol. The zero-order valence-corrected chi connectivity index (χ0v) is 23.0. The number of Topliss-reactive ketones (excluding diaryl/α,β-unsaturated/α-hetero) is 1. The summed E-state index contributed by atoms with van der Waals surface area (Å²) in [5, 5.41) is 31.6. The van der Waals surface area contributed by atoms with Crippen LogP contribution in [-0.4, -0.2) is 39.4 Å². The quantitative estimate of drug-likeness (QED) is 0.324. The van der Waals surface area contributed by atoms with E-state index < -0.39 is 12.2 Å². The monoisotopic (exact) mass is 498 g/mol. The third-order valence-corrected chi connectivity index (χ3v) is 10.7. The van der Waals surface area contributed by atoms with Crippen LogP contribution in [0.1, 0.15) is 111 Å². The predicted molar refractivity (Wildman–Crippen MR) is 145 cm³/mol. The topological polar surface area (TPSA) is 77.8 Å². The normalized spacial score (nSPS) is 37.7. The van der Waals surface area contributed by atoms with Crippen molar-refractivity contribution in [2.75, 3.05) is 0 Å². The number of aliphatic hydroxyl groups excluding tert-OH is 3. The number of rotatable bonds is 10. The molecule has 4 fully saturated rings. The van der Waals surface area contributed by atoms with Crippen molar-refractivity contribution in [1.29, 1.82) is 0 Å². The Hall–Kier alpha value is -1.23. The van der Waals surface area contributed by atoms with Gasteiger partial charge in [0.2, 0.25) is 0 Å². The van der Waals surface area contributed by atoms with E-state index in [-0.39, 0.29) is 22.9 Å². The maximum absolute atomic E-state index is 12.7. The van der Waals surface area contributed by atoms with Crippen LogP contribution in [-0.2, 0) is 4.79 Å². The molecule has 4 heteroatoms. The maximum atomic E-state index is 12.7. The molecule has 4 aliphatic carbocycles. The van der Waals surface area contributed by atoms with Gasteiger partial charge in [-0.3, -0.25) is 4.79 Å². The molecule has 4 aliphatic rings. The number of hydrogen-bond donors (Lipinski definition) is 3. The Labute approximate surface area is 219 Å². The highest BCUT2D eigenvalue weighted by molar-refractivity contribution is 5.87.